The smallest absolute Gasteiger partial charge is 0.389 e. The van der Waals surface area contributed by atoms with Crippen LogP contribution in [0.3, 0.4) is 0 Å². The van der Waals surface area contributed by atoms with Gasteiger partial charge >= 0.3 is 6.18 Å². The van der Waals surface area contributed by atoms with E-state index in [0.29, 0.717) is 0 Å². The minimum absolute atomic E-state index is 0.0713. The molecule has 2 N–H and O–H groups in total. The van der Waals surface area contributed by atoms with E-state index in [1.165, 1.54) is 6.07 Å². The number of carbonyl (C=O) groups excluding carboxylic acids is 1. The number of benzene rings is 1. The van der Waals surface area contributed by atoms with Crippen molar-refractivity contribution in [2.24, 2.45) is 0 Å². The van der Waals surface area contributed by atoms with E-state index in [1.54, 1.807) is 6.07 Å². The first-order valence-corrected chi connectivity index (χ1v) is 6.07. The summed E-state index contributed by atoms with van der Waals surface area (Å²) in [5.74, 6) is -0.841. The summed E-state index contributed by atoms with van der Waals surface area (Å²) in [5, 5.41) is 22.0. The molecule has 0 spiro atoms. The number of amides is 1. The third-order valence-corrected chi connectivity index (χ3v) is 2.44. The van der Waals surface area contributed by atoms with Crippen LogP contribution in [0.1, 0.15) is 12.0 Å². The molecule has 22 heavy (non-hydrogen) atoms. The highest BCUT2D eigenvalue weighted by atomic mass is 19.4. The van der Waals surface area contributed by atoms with Crippen LogP contribution >= 0.6 is 0 Å². The molecule has 0 aliphatic heterocycles. The zero-order valence-electron chi connectivity index (χ0n) is 11.2. The molecule has 0 fully saturated rings. The van der Waals surface area contributed by atoms with Crippen molar-refractivity contribution in [2.75, 3.05) is 11.9 Å². The van der Waals surface area contributed by atoms with E-state index >= 15 is 0 Å². The second-order valence-electron chi connectivity index (χ2n) is 4.06. The molecular formula is C14H11F3N4O. The van der Waals surface area contributed by atoms with Gasteiger partial charge in [0, 0.05) is 18.4 Å². The molecule has 0 heterocycles. The second-order valence-corrected chi connectivity index (χ2v) is 4.06. The Labute approximate surface area is 124 Å². The molecule has 1 aromatic carbocycles. The van der Waals surface area contributed by atoms with E-state index in [9.17, 15) is 18.0 Å². The number of nitrogens with zero attached hydrogens (tertiary/aromatic N) is 2. The zero-order chi connectivity index (χ0) is 16.6. The van der Waals surface area contributed by atoms with Crippen molar-refractivity contribution in [1.82, 2.24) is 5.32 Å². The summed E-state index contributed by atoms with van der Waals surface area (Å²) in [6.07, 6.45) is -3.22. The number of hydrogen-bond acceptors (Lipinski definition) is 4. The van der Waals surface area contributed by atoms with Crippen molar-refractivity contribution in [2.45, 2.75) is 12.6 Å². The Morgan fingerprint density at radius 1 is 1.32 bits per heavy atom. The lowest BCUT2D eigenvalue weighted by atomic mass is 10.2. The van der Waals surface area contributed by atoms with Crippen LogP contribution in [0.25, 0.3) is 0 Å². The molecule has 0 aliphatic rings. The molecule has 0 bridgehead atoms. The Kier molecular flexibility index (Phi) is 5.96. The average molecular weight is 308 g/mol. The lowest BCUT2D eigenvalue weighted by molar-refractivity contribution is -0.137. The van der Waals surface area contributed by atoms with Gasteiger partial charge in [0.2, 0.25) is 0 Å². The van der Waals surface area contributed by atoms with E-state index in [0.717, 1.165) is 24.4 Å². The van der Waals surface area contributed by atoms with Gasteiger partial charge in [0.1, 0.15) is 11.6 Å². The lowest BCUT2D eigenvalue weighted by Gasteiger charge is -2.09. The van der Waals surface area contributed by atoms with Crippen molar-refractivity contribution >= 4 is 11.6 Å². The number of nitriles is 2. The number of anilines is 1. The molecule has 1 aromatic rings. The number of carbonyl (C=O) groups is 1. The summed E-state index contributed by atoms with van der Waals surface area (Å²) in [6, 6.07) is 7.58. The van der Waals surface area contributed by atoms with E-state index in [1.807, 2.05) is 6.07 Å². The van der Waals surface area contributed by atoms with Gasteiger partial charge in [-0.1, -0.05) is 6.07 Å². The maximum absolute atomic E-state index is 12.6. The average Bonchev–Trinajstić information content (AvgIpc) is 2.46. The predicted octanol–water partition coefficient (Wildman–Crippen LogP) is 2.55. The van der Waals surface area contributed by atoms with Gasteiger partial charge in [-0.25, -0.2) is 0 Å². The van der Waals surface area contributed by atoms with Crippen molar-refractivity contribution in [3.05, 3.63) is 41.6 Å². The maximum atomic E-state index is 12.6. The SMILES string of the molecule is N#CCCN/C=C(/C#N)C(=O)Nc1cccc(C(F)(F)F)c1. The minimum Gasteiger partial charge on any atom is -0.389 e. The monoisotopic (exact) mass is 308 g/mol. The molecule has 0 saturated heterocycles. The molecule has 0 radical (unpaired) electrons. The molecule has 114 valence electrons. The zero-order valence-corrected chi connectivity index (χ0v) is 11.2. The quantitative estimate of drug-likeness (QED) is 0.497. The van der Waals surface area contributed by atoms with Crippen LogP contribution in [0, 0.1) is 22.7 Å². The molecule has 8 heteroatoms. The molecule has 0 saturated carbocycles. The number of nitrogens with one attached hydrogen (secondary N) is 2. The first-order valence-electron chi connectivity index (χ1n) is 6.07. The van der Waals surface area contributed by atoms with Crippen LogP contribution in [-0.4, -0.2) is 12.5 Å². The molecule has 1 amide bonds. The number of rotatable bonds is 5. The van der Waals surface area contributed by atoms with Gasteiger partial charge in [0.25, 0.3) is 5.91 Å². The van der Waals surface area contributed by atoms with Crippen molar-refractivity contribution in [3.8, 4) is 12.1 Å². The number of halogens is 3. The van der Waals surface area contributed by atoms with Gasteiger partial charge in [-0.3, -0.25) is 4.79 Å². The van der Waals surface area contributed by atoms with E-state index in [-0.39, 0.29) is 24.2 Å². The fourth-order valence-corrected chi connectivity index (χ4v) is 1.42. The van der Waals surface area contributed by atoms with Crippen molar-refractivity contribution in [3.63, 3.8) is 0 Å². The molecule has 0 aromatic heterocycles. The van der Waals surface area contributed by atoms with Crippen LogP contribution in [0.2, 0.25) is 0 Å². The third kappa shape index (κ3) is 5.17. The summed E-state index contributed by atoms with van der Waals surface area (Å²) in [4.78, 5) is 11.8. The largest absolute Gasteiger partial charge is 0.416 e. The summed E-state index contributed by atoms with van der Waals surface area (Å²) in [6.45, 7) is 0.249. The van der Waals surface area contributed by atoms with Crippen LogP contribution in [0.4, 0.5) is 18.9 Å². The van der Waals surface area contributed by atoms with Crippen LogP contribution in [0.15, 0.2) is 36.0 Å². The Bertz CT molecular complexity index is 653. The lowest BCUT2D eigenvalue weighted by Crippen LogP contribution is -2.17. The van der Waals surface area contributed by atoms with Gasteiger partial charge < -0.3 is 10.6 Å². The van der Waals surface area contributed by atoms with Crippen LogP contribution < -0.4 is 10.6 Å². The van der Waals surface area contributed by atoms with Gasteiger partial charge in [-0.2, -0.15) is 23.7 Å². The van der Waals surface area contributed by atoms with Gasteiger partial charge in [-0.15, -0.1) is 0 Å². The Morgan fingerprint density at radius 3 is 2.64 bits per heavy atom. The minimum atomic E-state index is -4.52. The Morgan fingerprint density at radius 2 is 2.05 bits per heavy atom. The standard InChI is InChI=1S/C14H11F3N4O/c15-14(16,17)11-3-1-4-12(7-11)21-13(22)10(8-19)9-20-6-2-5-18/h1,3-4,7,9,20H,2,6H2,(H,21,22)/b10-9-. The number of alkyl halides is 3. The highest BCUT2D eigenvalue weighted by Gasteiger charge is 2.30. The summed E-state index contributed by atoms with van der Waals surface area (Å²) in [7, 11) is 0. The van der Waals surface area contributed by atoms with Gasteiger partial charge in [-0.05, 0) is 18.2 Å². The molecule has 0 unspecified atom stereocenters. The first-order chi connectivity index (χ1) is 10.4. The Hall–Kier alpha value is -3.00. The fraction of sp³-hybridized carbons (Fsp3) is 0.214. The van der Waals surface area contributed by atoms with Crippen LogP contribution in [0.5, 0.6) is 0 Å². The van der Waals surface area contributed by atoms with Gasteiger partial charge in [0.15, 0.2) is 0 Å². The van der Waals surface area contributed by atoms with Crippen molar-refractivity contribution < 1.29 is 18.0 Å². The Balaban J connectivity index is 2.79. The van der Waals surface area contributed by atoms with Gasteiger partial charge in [0.05, 0.1) is 18.1 Å². The molecular weight excluding hydrogens is 297 g/mol. The molecule has 0 aliphatic carbocycles. The highest BCUT2D eigenvalue weighted by molar-refractivity contribution is 6.06. The van der Waals surface area contributed by atoms with E-state index < -0.39 is 17.6 Å². The summed E-state index contributed by atoms with van der Waals surface area (Å²) < 4.78 is 37.7. The third-order valence-electron chi connectivity index (χ3n) is 2.44. The summed E-state index contributed by atoms with van der Waals surface area (Å²) in [5.41, 5.74) is -1.28. The molecule has 0 atom stereocenters. The predicted molar refractivity (Wildman–Crippen MR) is 72.0 cm³/mol. The highest BCUT2D eigenvalue weighted by Crippen LogP contribution is 2.30. The topological polar surface area (TPSA) is 88.7 Å². The van der Waals surface area contributed by atoms with E-state index in [4.69, 9.17) is 10.5 Å². The maximum Gasteiger partial charge on any atom is 0.416 e. The normalized spacial score (nSPS) is 11.2. The number of hydrogen-bond donors (Lipinski definition) is 2. The van der Waals surface area contributed by atoms with Crippen molar-refractivity contribution in [1.29, 1.82) is 10.5 Å². The van der Waals surface area contributed by atoms with E-state index in [2.05, 4.69) is 10.6 Å². The van der Waals surface area contributed by atoms with Crippen LogP contribution in [-0.2, 0) is 11.0 Å². The first kappa shape index (κ1) is 17.1. The second kappa shape index (κ2) is 7.70. The molecule has 1 rings (SSSR count). The molecule has 5 nitrogen and oxygen atoms in total. The summed E-state index contributed by atoms with van der Waals surface area (Å²) >= 11 is 0. The fourth-order valence-electron chi connectivity index (χ4n) is 1.42.